The largest absolute Gasteiger partial charge is 0.481 e. The molecule has 0 bridgehead atoms. The molecule has 82 heavy (non-hydrogen) atoms. The third-order valence-electron chi connectivity index (χ3n) is 11.2. The number of nitrogens with one attached hydrogen (secondary N) is 3. The molecular formula is C51H33F20N3O8. The van der Waals surface area contributed by atoms with E-state index >= 15 is 0 Å². The Hall–Kier alpha value is -8.80. The van der Waals surface area contributed by atoms with Crippen molar-refractivity contribution in [2.45, 2.75) is 54.9 Å². The molecule has 0 saturated carbocycles. The maximum absolute atomic E-state index is 14.7. The lowest BCUT2D eigenvalue weighted by Gasteiger charge is -2.36. The topological polar surface area (TPSA) is 152 Å². The molecule has 0 radical (unpaired) electrons. The van der Waals surface area contributed by atoms with Crippen molar-refractivity contribution < 1.29 is 126 Å². The first-order chi connectivity index (χ1) is 37.9. The van der Waals surface area contributed by atoms with Gasteiger partial charge in [0.25, 0.3) is 11.8 Å². The van der Waals surface area contributed by atoms with Crippen molar-refractivity contribution in [3.05, 3.63) is 201 Å². The van der Waals surface area contributed by atoms with Gasteiger partial charge < -0.3 is 35.3 Å². The van der Waals surface area contributed by atoms with E-state index in [0.29, 0.717) is 54.6 Å². The number of alkyl carbamates (subject to hydrolysis) is 1. The molecule has 6 rings (SSSR count). The molecule has 11 nitrogen and oxygen atoms in total. The Morgan fingerprint density at radius 1 is 0.476 bits per heavy atom. The Morgan fingerprint density at radius 2 is 0.841 bits per heavy atom. The van der Waals surface area contributed by atoms with Crippen LogP contribution in [0.4, 0.5) is 92.6 Å². The molecule has 0 aromatic heterocycles. The van der Waals surface area contributed by atoms with Gasteiger partial charge in [0, 0.05) is 23.3 Å². The molecule has 31 heteroatoms. The summed E-state index contributed by atoms with van der Waals surface area (Å²) in [5.74, 6) is -15.1. The zero-order chi connectivity index (χ0) is 61.5. The Kier molecular flexibility index (Phi) is 19.5. The summed E-state index contributed by atoms with van der Waals surface area (Å²) >= 11 is 0. The molecule has 0 unspecified atom stereocenters. The first-order valence-electron chi connectivity index (χ1n) is 22.2. The molecule has 0 aliphatic rings. The van der Waals surface area contributed by atoms with E-state index in [-0.39, 0.29) is 29.3 Å². The van der Waals surface area contributed by atoms with Gasteiger partial charge in [-0.25, -0.2) is 31.1 Å². The molecule has 6 aromatic rings. The lowest BCUT2D eigenvalue weighted by atomic mass is 9.79. The van der Waals surface area contributed by atoms with Gasteiger partial charge in [-0.15, -0.1) is 0 Å². The summed E-state index contributed by atoms with van der Waals surface area (Å²) in [6.07, 6.45) is -31.9. The zero-order valence-electron chi connectivity index (χ0n) is 40.5. The van der Waals surface area contributed by atoms with Gasteiger partial charge in [0.15, 0.2) is 0 Å². The Bertz CT molecular complexity index is 3290. The first kappa shape index (κ1) is 64.0. The molecule has 2 atom stereocenters. The number of amides is 3. The average Bonchev–Trinajstić information content (AvgIpc) is 3.45. The second-order valence-electron chi connectivity index (χ2n) is 16.8. The quantitative estimate of drug-likeness (QED) is 0.0621. The third kappa shape index (κ3) is 15.6. The highest BCUT2D eigenvalue weighted by Crippen LogP contribution is 2.41. The van der Waals surface area contributed by atoms with Crippen LogP contribution >= 0.6 is 0 Å². The summed E-state index contributed by atoms with van der Waals surface area (Å²) < 4.78 is 281. The van der Waals surface area contributed by atoms with Crippen LogP contribution < -0.4 is 25.4 Å². The van der Waals surface area contributed by atoms with Gasteiger partial charge in [-0.3, -0.25) is 14.4 Å². The fourth-order valence-corrected chi connectivity index (χ4v) is 7.53. The summed E-state index contributed by atoms with van der Waals surface area (Å²) in [5.41, 5.74) is -12.1. The highest BCUT2D eigenvalue weighted by Gasteiger charge is 2.47. The fraction of sp³-hybridized carbons (Fsp3) is 0.216. The Balaban J connectivity index is 0.000000301. The van der Waals surface area contributed by atoms with Crippen molar-refractivity contribution >= 4 is 23.9 Å². The van der Waals surface area contributed by atoms with Crippen molar-refractivity contribution in [1.29, 1.82) is 0 Å². The summed E-state index contributed by atoms with van der Waals surface area (Å²) in [5, 5.41) is 16.1. The molecule has 0 saturated heterocycles. The number of carboxylic acids is 1. The average molecular weight is 1200 g/mol. The maximum atomic E-state index is 14.7. The van der Waals surface area contributed by atoms with Crippen molar-refractivity contribution in [3.8, 4) is 11.5 Å². The molecule has 6 aromatic carbocycles. The van der Waals surface area contributed by atoms with E-state index < -0.39 is 165 Å². The first-order valence-corrected chi connectivity index (χ1v) is 22.2. The second kappa shape index (κ2) is 24.9. The van der Waals surface area contributed by atoms with Gasteiger partial charge in [0.05, 0.1) is 31.2 Å². The minimum Gasteiger partial charge on any atom is -0.481 e. The zero-order valence-corrected chi connectivity index (χ0v) is 40.5. The summed E-state index contributed by atoms with van der Waals surface area (Å²) in [6.45, 7) is -0.863. The van der Waals surface area contributed by atoms with Crippen molar-refractivity contribution in [2.24, 2.45) is 0 Å². The van der Waals surface area contributed by atoms with Gasteiger partial charge in [-0.2, -0.15) is 61.5 Å². The number of methoxy groups -OCH3 is 1. The number of hydrogen-bond acceptors (Lipinski definition) is 7. The van der Waals surface area contributed by atoms with Crippen molar-refractivity contribution in [2.75, 3.05) is 13.7 Å². The third-order valence-corrected chi connectivity index (χ3v) is 11.2. The maximum Gasteiger partial charge on any atom is 0.461 e. The van der Waals surface area contributed by atoms with Crippen LogP contribution in [0.15, 0.2) is 121 Å². The van der Waals surface area contributed by atoms with E-state index in [0.717, 1.165) is 55.6 Å². The van der Waals surface area contributed by atoms with Crippen LogP contribution in [-0.4, -0.2) is 67.7 Å². The van der Waals surface area contributed by atoms with Crippen LogP contribution in [0.2, 0.25) is 0 Å². The van der Waals surface area contributed by atoms with Crippen LogP contribution in [-0.2, 0) is 33.0 Å². The smallest absolute Gasteiger partial charge is 0.461 e. The standard InChI is InChI=1S/C26H18F10N2O4.C25H15F10NO4/c1-41-23(40)37-12-24(14-3-5-16(27)6-4-14,15-9-17(28)11-18(10-15)42-26(35,36)22(30)31)38-21(39)13-2-7-20(29)19(8-13)25(32,33)34;26-15-4-2-13(3-5-15)23(11-20(37)38,14-8-16(27)10-17(9-14)40-25(34,35)22(29)30)36-21(39)12-1-6-19(28)18(7-12)24(31,32)33/h2-11,22H,12H2,1H3,(H,37,40)(H,38,39);1-10,22H,11H2,(H,36,39)(H,37,38)/t24-;23-/m11/s1. The molecule has 3 amide bonds. The van der Waals surface area contributed by atoms with E-state index in [1.165, 1.54) is 0 Å². The lowest BCUT2D eigenvalue weighted by Crippen LogP contribution is -2.54. The summed E-state index contributed by atoms with van der Waals surface area (Å²) in [7, 11) is 0.922. The number of ether oxygens (including phenoxy) is 3. The Labute approximate surface area is 446 Å². The number of rotatable bonds is 18. The van der Waals surface area contributed by atoms with E-state index in [9.17, 15) is 112 Å². The van der Waals surface area contributed by atoms with Crippen LogP contribution in [0.5, 0.6) is 11.5 Å². The van der Waals surface area contributed by atoms with E-state index in [4.69, 9.17) is 0 Å². The number of hydrogen-bond donors (Lipinski definition) is 4. The van der Waals surface area contributed by atoms with Crippen molar-refractivity contribution in [1.82, 2.24) is 16.0 Å². The molecule has 0 heterocycles. The van der Waals surface area contributed by atoms with E-state index in [1.807, 2.05) is 0 Å². The van der Waals surface area contributed by atoms with Gasteiger partial charge in [-0.05, 0) is 107 Å². The van der Waals surface area contributed by atoms with Crippen LogP contribution in [0, 0.1) is 34.9 Å². The number of carbonyl (C=O) groups is 4. The van der Waals surface area contributed by atoms with Gasteiger partial charge >= 0.3 is 49.5 Å². The number of benzene rings is 6. The van der Waals surface area contributed by atoms with Crippen molar-refractivity contribution in [3.63, 3.8) is 0 Å². The minimum absolute atomic E-state index is 0.101. The highest BCUT2D eigenvalue weighted by atomic mass is 19.4. The second-order valence-corrected chi connectivity index (χ2v) is 16.8. The number of carboxylic acid groups (broad SMARTS) is 1. The SMILES string of the molecule is COC(=O)NC[C@@](NC(=O)c1ccc(F)c(C(F)(F)F)c1)(c1ccc(F)cc1)c1cc(F)cc(OC(F)(F)C(F)F)c1.O=C(O)C[C@@](NC(=O)c1ccc(F)c(C(F)(F)F)c1)(c1ccc(F)cc1)c1cc(F)cc(OC(F)(F)C(F)F)c1. The van der Waals surface area contributed by atoms with E-state index in [1.54, 1.807) is 0 Å². The van der Waals surface area contributed by atoms with Crippen LogP contribution in [0.1, 0.15) is 60.5 Å². The predicted molar refractivity (Wildman–Crippen MR) is 241 cm³/mol. The molecule has 0 aliphatic carbocycles. The number of aliphatic carboxylic acids is 1. The monoisotopic (exact) mass is 1200 g/mol. The van der Waals surface area contributed by atoms with Crippen LogP contribution in [0.3, 0.4) is 0 Å². The molecule has 0 spiro atoms. The highest BCUT2D eigenvalue weighted by molar-refractivity contribution is 5.96. The number of alkyl halides is 14. The minimum atomic E-state index is -5.25. The van der Waals surface area contributed by atoms with E-state index in [2.05, 4.69) is 30.2 Å². The predicted octanol–water partition coefficient (Wildman–Crippen LogP) is 12.9. The number of halogens is 20. The lowest BCUT2D eigenvalue weighted by molar-refractivity contribution is -0.253. The molecule has 0 aliphatic heterocycles. The van der Waals surface area contributed by atoms with Gasteiger partial charge in [0.2, 0.25) is 0 Å². The molecular weight excluding hydrogens is 1160 g/mol. The summed E-state index contributed by atoms with van der Waals surface area (Å²) in [6, 6.07) is 11.8. The molecule has 0 fully saturated rings. The fourth-order valence-electron chi connectivity index (χ4n) is 7.53. The Morgan fingerprint density at radius 3 is 1.20 bits per heavy atom. The van der Waals surface area contributed by atoms with Gasteiger partial charge in [-0.1, -0.05) is 24.3 Å². The molecule has 4 N–H and O–H groups in total. The summed E-state index contributed by atoms with van der Waals surface area (Å²) in [4.78, 5) is 50.3. The van der Waals surface area contributed by atoms with Crippen LogP contribution in [0.25, 0.3) is 0 Å². The normalized spacial score (nSPS) is 13.5. The van der Waals surface area contributed by atoms with Gasteiger partial charge in [0.1, 0.15) is 57.5 Å². The number of carbonyl (C=O) groups excluding carboxylic acids is 3. The molecule has 440 valence electrons.